The van der Waals surface area contributed by atoms with E-state index in [1.165, 1.54) is 5.56 Å². The molecule has 15 heavy (non-hydrogen) atoms. The number of aromatic amines is 1. The number of nitrogens with one attached hydrogen (secondary N) is 1. The zero-order valence-corrected chi connectivity index (χ0v) is 9.28. The Bertz CT molecular complexity index is 421. The predicted octanol–water partition coefficient (Wildman–Crippen LogP) is 2.77. The highest BCUT2D eigenvalue weighted by molar-refractivity contribution is 5.53. The second kappa shape index (κ2) is 3.50. The number of hydrogen-bond donors (Lipinski definition) is 1. The van der Waals surface area contributed by atoms with Gasteiger partial charge in [-0.15, -0.1) is 0 Å². The molecular weight excluding hydrogens is 186 g/mol. The Morgan fingerprint density at radius 2 is 1.93 bits per heavy atom. The summed E-state index contributed by atoms with van der Waals surface area (Å²) in [7, 11) is 0. The third kappa shape index (κ3) is 2.06. The standard InChI is InChI=1S/C12H15N3/c1-12(2,3)9-4-5-10(13-8-9)11-6-7-14-15-11/h4-8H,1-3H3,(H,14,15). The van der Waals surface area contributed by atoms with Gasteiger partial charge in [-0.25, -0.2) is 0 Å². The molecule has 0 aromatic carbocycles. The third-order valence-electron chi connectivity index (χ3n) is 2.41. The highest BCUT2D eigenvalue weighted by Crippen LogP contribution is 2.23. The number of rotatable bonds is 1. The summed E-state index contributed by atoms with van der Waals surface area (Å²) in [5, 5.41) is 6.80. The first-order valence-electron chi connectivity index (χ1n) is 5.03. The summed E-state index contributed by atoms with van der Waals surface area (Å²) in [6, 6.07) is 6.05. The number of aromatic nitrogens is 3. The number of pyridine rings is 1. The summed E-state index contributed by atoms with van der Waals surface area (Å²) in [5.41, 5.74) is 3.28. The number of H-pyrrole nitrogens is 1. The van der Waals surface area contributed by atoms with Crippen molar-refractivity contribution in [3.05, 3.63) is 36.2 Å². The van der Waals surface area contributed by atoms with Crippen molar-refractivity contribution in [2.24, 2.45) is 0 Å². The topological polar surface area (TPSA) is 41.6 Å². The maximum Gasteiger partial charge on any atom is 0.0880 e. The van der Waals surface area contributed by atoms with Gasteiger partial charge < -0.3 is 0 Å². The third-order valence-corrected chi connectivity index (χ3v) is 2.41. The Morgan fingerprint density at radius 3 is 2.40 bits per heavy atom. The molecule has 0 spiro atoms. The molecule has 3 nitrogen and oxygen atoms in total. The van der Waals surface area contributed by atoms with Gasteiger partial charge in [0.05, 0.1) is 11.4 Å². The average molecular weight is 201 g/mol. The molecule has 1 N–H and O–H groups in total. The molecule has 0 bridgehead atoms. The van der Waals surface area contributed by atoms with Crippen LogP contribution in [0, 0.1) is 0 Å². The van der Waals surface area contributed by atoms with Gasteiger partial charge >= 0.3 is 0 Å². The normalized spacial score (nSPS) is 11.7. The Morgan fingerprint density at radius 1 is 1.13 bits per heavy atom. The first-order valence-corrected chi connectivity index (χ1v) is 5.03. The molecule has 78 valence electrons. The molecule has 0 radical (unpaired) electrons. The molecule has 2 aromatic heterocycles. The maximum absolute atomic E-state index is 4.42. The smallest absolute Gasteiger partial charge is 0.0880 e. The molecule has 0 atom stereocenters. The minimum atomic E-state index is 0.152. The molecule has 0 fully saturated rings. The molecule has 2 aromatic rings. The van der Waals surface area contributed by atoms with Crippen LogP contribution in [0.15, 0.2) is 30.6 Å². The van der Waals surface area contributed by atoms with E-state index in [1.807, 2.05) is 18.3 Å². The van der Waals surface area contributed by atoms with Gasteiger partial charge in [-0.2, -0.15) is 5.10 Å². The minimum Gasteiger partial charge on any atom is -0.276 e. The molecule has 0 saturated carbocycles. The van der Waals surface area contributed by atoms with E-state index in [-0.39, 0.29) is 5.41 Å². The fourth-order valence-corrected chi connectivity index (χ4v) is 1.40. The summed E-state index contributed by atoms with van der Waals surface area (Å²) in [6.45, 7) is 6.54. The average Bonchev–Trinajstić information content (AvgIpc) is 2.69. The first kappa shape index (κ1) is 9.90. The molecule has 2 heterocycles. The van der Waals surface area contributed by atoms with Gasteiger partial charge in [-0.05, 0) is 23.1 Å². The molecule has 0 aliphatic heterocycles. The monoisotopic (exact) mass is 201 g/mol. The Labute approximate surface area is 89.6 Å². The molecule has 0 aliphatic carbocycles. The van der Waals surface area contributed by atoms with Gasteiger partial charge in [-0.1, -0.05) is 26.8 Å². The van der Waals surface area contributed by atoms with E-state index in [0.717, 1.165) is 11.4 Å². The van der Waals surface area contributed by atoms with Gasteiger partial charge in [-0.3, -0.25) is 10.1 Å². The van der Waals surface area contributed by atoms with E-state index in [0.29, 0.717) is 0 Å². The van der Waals surface area contributed by atoms with E-state index in [2.05, 4.69) is 42.0 Å². The molecule has 0 saturated heterocycles. The van der Waals surface area contributed by atoms with Crippen LogP contribution >= 0.6 is 0 Å². The van der Waals surface area contributed by atoms with Gasteiger partial charge in [0.2, 0.25) is 0 Å². The van der Waals surface area contributed by atoms with Crippen LogP contribution < -0.4 is 0 Å². The van der Waals surface area contributed by atoms with Crippen LogP contribution in [-0.2, 0) is 5.41 Å². The van der Waals surface area contributed by atoms with Crippen molar-refractivity contribution in [3.8, 4) is 11.4 Å². The van der Waals surface area contributed by atoms with Crippen molar-refractivity contribution in [2.75, 3.05) is 0 Å². The van der Waals surface area contributed by atoms with Gasteiger partial charge in [0.15, 0.2) is 0 Å². The lowest BCUT2D eigenvalue weighted by molar-refractivity contribution is 0.587. The van der Waals surface area contributed by atoms with Gasteiger partial charge in [0, 0.05) is 12.4 Å². The molecule has 0 amide bonds. The van der Waals surface area contributed by atoms with E-state index >= 15 is 0 Å². The van der Waals surface area contributed by atoms with Crippen LogP contribution in [0.4, 0.5) is 0 Å². The molecule has 0 aliphatic rings. The van der Waals surface area contributed by atoms with Crippen LogP contribution in [0.25, 0.3) is 11.4 Å². The summed E-state index contributed by atoms with van der Waals surface area (Å²) in [6.07, 6.45) is 3.66. The Kier molecular flexibility index (Phi) is 2.31. The molecule has 0 unspecified atom stereocenters. The SMILES string of the molecule is CC(C)(C)c1ccc(-c2ccn[nH]2)nc1. The van der Waals surface area contributed by atoms with Crippen molar-refractivity contribution < 1.29 is 0 Å². The summed E-state index contributed by atoms with van der Waals surface area (Å²) < 4.78 is 0. The van der Waals surface area contributed by atoms with Gasteiger partial charge in [0.25, 0.3) is 0 Å². The largest absolute Gasteiger partial charge is 0.276 e. The molecule has 2 rings (SSSR count). The minimum absolute atomic E-state index is 0.152. The van der Waals surface area contributed by atoms with Crippen LogP contribution in [0.5, 0.6) is 0 Å². The van der Waals surface area contributed by atoms with Crippen LogP contribution in [0.3, 0.4) is 0 Å². The van der Waals surface area contributed by atoms with Crippen LogP contribution in [0.2, 0.25) is 0 Å². The van der Waals surface area contributed by atoms with Crippen molar-refractivity contribution in [1.29, 1.82) is 0 Å². The fourth-order valence-electron chi connectivity index (χ4n) is 1.40. The van der Waals surface area contributed by atoms with E-state index in [9.17, 15) is 0 Å². The number of nitrogens with zero attached hydrogens (tertiary/aromatic N) is 2. The Hall–Kier alpha value is -1.64. The van der Waals surface area contributed by atoms with Crippen LogP contribution in [0.1, 0.15) is 26.3 Å². The molecule has 3 heteroatoms. The lowest BCUT2D eigenvalue weighted by Crippen LogP contribution is -2.11. The van der Waals surface area contributed by atoms with Crippen molar-refractivity contribution in [2.45, 2.75) is 26.2 Å². The lowest BCUT2D eigenvalue weighted by atomic mass is 9.88. The summed E-state index contributed by atoms with van der Waals surface area (Å²) in [5.74, 6) is 0. The van der Waals surface area contributed by atoms with Gasteiger partial charge in [0.1, 0.15) is 0 Å². The van der Waals surface area contributed by atoms with Crippen molar-refractivity contribution in [1.82, 2.24) is 15.2 Å². The molecular formula is C12H15N3. The lowest BCUT2D eigenvalue weighted by Gasteiger charge is -2.18. The second-order valence-electron chi connectivity index (χ2n) is 4.65. The Balaban J connectivity index is 2.33. The van der Waals surface area contributed by atoms with Crippen molar-refractivity contribution in [3.63, 3.8) is 0 Å². The van der Waals surface area contributed by atoms with Crippen molar-refractivity contribution >= 4 is 0 Å². The first-order chi connectivity index (χ1) is 7.07. The second-order valence-corrected chi connectivity index (χ2v) is 4.65. The van der Waals surface area contributed by atoms with E-state index in [4.69, 9.17) is 0 Å². The zero-order valence-electron chi connectivity index (χ0n) is 9.28. The zero-order chi connectivity index (χ0) is 10.9. The highest BCUT2D eigenvalue weighted by atomic mass is 15.1. The summed E-state index contributed by atoms with van der Waals surface area (Å²) in [4.78, 5) is 4.42. The van der Waals surface area contributed by atoms with E-state index < -0.39 is 0 Å². The number of hydrogen-bond acceptors (Lipinski definition) is 2. The maximum atomic E-state index is 4.42. The summed E-state index contributed by atoms with van der Waals surface area (Å²) >= 11 is 0. The highest BCUT2D eigenvalue weighted by Gasteiger charge is 2.13. The predicted molar refractivity (Wildman–Crippen MR) is 60.5 cm³/mol. The van der Waals surface area contributed by atoms with Crippen LogP contribution in [-0.4, -0.2) is 15.2 Å². The quantitative estimate of drug-likeness (QED) is 0.770. The fraction of sp³-hybridized carbons (Fsp3) is 0.333. The van der Waals surface area contributed by atoms with E-state index in [1.54, 1.807) is 6.20 Å².